The Morgan fingerprint density at radius 3 is 2.91 bits per heavy atom. The quantitative estimate of drug-likeness (QED) is 0.549. The fourth-order valence-corrected chi connectivity index (χ4v) is 2.25. The SMILES string of the molecule is O=COC12CCC(CC1=O)C2. The van der Waals surface area contributed by atoms with Crippen LogP contribution in [-0.2, 0) is 14.3 Å². The zero-order valence-corrected chi connectivity index (χ0v) is 6.21. The second-order valence-corrected chi connectivity index (χ2v) is 3.44. The van der Waals surface area contributed by atoms with Crippen molar-refractivity contribution in [1.29, 1.82) is 0 Å². The summed E-state index contributed by atoms with van der Waals surface area (Å²) in [5, 5.41) is 0. The van der Waals surface area contributed by atoms with Crippen LogP contribution >= 0.6 is 0 Å². The van der Waals surface area contributed by atoms with Crippen molar-refractivity contribution in [2.24, 2.45) is 5.92 Å². The third kappa shape index (κ3) is 0.800. The van der Waals surface area contributed by atoms with Crippen LogP contribution in [0.1, 0.15) is 25.7 Å². The van der Waals surface area contributed by atoms with Gasteiger partial charge in [-0.1, -0.05) is 0 Å². The molecule has 0 spiro atoms. The Hall–Kier alpha value is -0.860. The van der Waals surface area contributed by atoms with Gasteiger partial charge in [-0.05, 0) is 25.2 Å². The second-order valence-electron chi connectivity index (χ2n) is 3.44. The Bertz CT molecular complexity index is 211. The molecule has 0 aliphatic heterocycles. The first-order valence-corrected chi connectivity index (χ1v) is 3.92. The van der Waals surface area contributed by atoms with Crippen LogP contribution in [0.15, 0.2) is 0 Å². The van der Waals surface area contributed by atoms with Crippen LogP contribution in [0.5, 0.6) is 0 Å². The van der Waals surface area contributed by atoms with Crippen LogP contribution in [0.4, 0.5) is 0 Å². The Labute approximate surface area is 64.7 Å². The van der Waals surface area contributed by atoms with E-state index in [1.54, 1.807) is 0 Å². The minimum atomic E-state index is -0.688. The molecule has 0 radical (unpaired) electrons. The standard InChI is InChI=1S/C8H10O3/c9-5-11-8-2-1-6(4-8)3-7(8)10/h5-6H,1-4H2. The zero-order chi connectivity index (χ0) is 7.90. The summed E-state index contributed by atoms with van der Waals surface area (Å²) in [6.07, 6.45) is 3.17. The summed E-state index contributed by atoms with van der Waals surface area (Å²) in [5.74, 6) is 0.614. The van der Waals surface area contributed by atoms with Gasteiger partial charge < -0.3 is 4.74 Å². The lowest BCUT2D eigenvalue weighted by Gasteiger charge is -2.21. The molecule has 0 amide bonds. The maximum atomic E-state index is 11.3. The predicted molar refractivity (Wildman–Crippen MR) is 36.8 cm³/mol. The summed E-state index contributed by atoms with van der Waals surface area (Å²) in [4.78, 5) is 21.4. The molecule has 2 aliphatic rings. The van der Waals surface area contributed by atoms with E-state index < -0.39 is 5.60 Å². The highest BCUT2D eigenvalue weighted by Crippen LogP contribution is 2.47. The van der Waals surface area contributed by atoms with Gasteiger partial charge in [-0.25, -0.2) is 0 Å². The molecule has 2 saturated carbocycles. The molecule has 0 aromatic rings. The van der Waals surface area contributed by atoms with E-state index in [9.17, 15) is 9.59 Å². The normalized spacial score (nSPS) is 41.1. The van der Waals surface area contributed by atoms with Gasteiger partial charge in [0.2, 0.25) is 0 Å². The molecule has 0 saturated heterocycles. The number of fused-ring (bicyclic) bond motifs is 2. The molecule has 3 heteroatoms. The monoisotopic (exact) mass is 154 g/mol. The lowest BCUT2D eigenvalue weighted by Crippen LogP contribution is -2.35. The van der Waals surface area contributed by atoms with Gasteiger partial charge in [-0.15, -0.1) is 0 Å². The van der Waals surface area contributed by atoms with Crippen LogP contribution in [-0.4, -0.2) is 17.9 Å². The molecule has 0 aromatic carbocycles. The maximum Gasteiger partial charge on any atom is 0.294 e. The summed E-state index contributed by atoms with van der Waals surface area (Å²) in [6, 6.07) is 0. The smallest absolute Gasteiger partial charge is 0.294 e. The average Bonchev–Trinajstić information content (AvgIpc) is 2.45. The molecule has 2 aliphatic carbocycles. The molecule has 60 valence electrons. The molecule has 2 bridgehead atoms. The van der Waals surface area contributed by atoms with E-state index in [-0.39, 0.29) is 5.78 Å². The summed E-state index contributed by atoms with van der Waals surface area (Å²) >= 11 is 0. The highest BCUT2D eigenvalue weighted by atomic mass is 16.5. The molecular formula is C8H10O3. The third-order valence-electron chi connectivity index (χ3n) is 2.83. The number of ether oxygens (including phenoxy) is 1. The van der Waals surface area contributed by atoms with Crippen molar-refractivity contribution in [3.63, 3.8) is 0 Å². The molecule has 0 aromatic heterocycles. The second kappa shape index (κ2) is 2.06. The summed E-state index contributed by atoms with van der Waals surface area (Å²) in [5.41, 5.74) is -0.688. The van der Waals surface area contributed by atoms with Crippen molar-refractivity contribution >= 4 is 12.3 Å². The van der Waals surface area contributed by atoms with E-state index in [1.165, 1.54) is 0 Å². The Kier molecular flexibility index (Phi) is 1.28. The Balaban J connectivity index is 2.22. The fourth-order valence-electron chi connectivity index (χ4n) is 2.25. The number of hydrogen-bond acceptors (Lipinski definition) is 3. The zero-order valence-electron chi connectivity index (χ0n) is 6.21. The van der Waals surface area contributed by atoms with E-state index in [1.807, 2.05) is 0 Å². The van der Waals surface area contributed by atoms with E-state index in [0.717, 1.165) is 19.3 Å². The summed E-state index contributed by atoms with van der Waals surface area (Å²) in [7, 11) is 0. The first-order chi connectivity index (χ1) is 5.27. The number of ketones is 1. The summed E-state index contributed by atoms with van der Waals surface area (Å²) in [6.45, 7) is 0.408. The van der Waals surface area contributed by atoms with Crippen LogP contribution in [0.3, 0.4) is 0 Å². The Morgan fingerprint density at radius 2 is 2.45 bits per heavy atom. The molecule has 0 N–H and O–H groups in total. The van der Waals surface area contributed by atoms with Gasteiger partial charge in [-0.3, -0.25) is 9.59 Å². The van der Waals surface area contributed by atoms with Gasteiger partial charge in [-0.2, -0.15) is 0 Å². The number of carbonyl (C=O) groups is 2. The van der Waals surface area contributed by atoms with Gasteiger partial charge in [0.05, 0.1) is 0 Å². The molecular weight excluding hydrogens is 144 g/mol. The maximum absolute atomic E-state index is 11.3. The highest BCUT2D eigenvalue weighted by Gasteiger charge is 2.53. The van der Waals surface area contributed by atoms with E-state index in [2.05, 4.69) is 0 Å². The summed E-state index contributed by atoms with van der Waals surface area (Å²) < 4.78 is 4.86. The van der Waals surface area contributed by atoms with Crippen molar-refractivity contribution in [3.05, 3.63) is 0 Å². The van der Waals surface area contributed by atoms with Gasteiger partial charge in [0.15, 0.2) is 11.4 Å². The molecule has 2 rings (SSSR count). The number of Topliss-reactive ketones (excluding diaryl/α,β-unsaturated/α-hetero) is 1. The highest BCUT2D eigenvalue weighted by molar-refractivity contribution is 5.91. The van der Waals surface area contributed by atoms with Gasteiger partial charge in [0, 0.05) is 6.42 Å². The molecule has 2 atom stereocenters. The lowest BCUT2D eigenvalue weighted by molar-refractivity contribution is -0.153. The molecule has 2 unspecified atom stereocenters. The minimum absolute atomic E-state index is 0.126. The molecule has 2 fully saturated rings. The fraction of sp³-hybridized carbons (Fsp3) is 0.750. The van der Waals surface area contributed by atoms with Crippen LogP contribution < -0.4 is 0 Å². The average molecular weight is 154 g/mol. The molecule has 3 nitrogen and oxygen atoms in total. The van der Waals surface area contributed by atoms with Crippen molar-refractivity contribution in [1.82, 2.24) is 0 Å². The van der Waals surface area contributed by atoms with Crippen LogP contribution in [0.25, 0.3) is 0 Å². The topological polar surface area (TPSA) is 43.4 Å². The van der Waals surface area contributed by atoms with Gasteiger partial charge in [0.1, 0.15) is 0 Å². The first-order valence-electron chi connectivity index (χ1n) is 3.92. The number of rotatable bonds is 2. The Morgan fingerprint density at radius 1 is 1.64 bits per heavy atom. The predicted octanol–water partition coefficient (Wildman–Crippen LogP) is 0.671. The number of hydrogen-bond donors (Lipinski definition) is 0. The largest absolute Gasteiger partial charge is 0.453 e. The van der Waals surface area contributed by atoms with E-state index in [4.69, 9.17) is 4.74 Å². The van der Waals surface area contributed by atoms with Gasteiger partial charge in [0.25, 0.3) is 6.47 Å². The van der Waals surface area contributed by atoms with Crippen molar-refractivity contribution in [2.45, 2.75) is 31.3 Å². The van der Waals surface area contributed by atoms with Crippen molar-refractivity contribution < 1.29 is 14.3 Å². The van der Waals surface area contributed by atoms with Crippen molar-refractivity contribution in [3.8, 4) is 0 Å². The first kappa shape index (κ1) is 6.83. The van der Waals surface area contributed by atoms with Crippen molar-refractivity contribution in [2.75, 3.05) is 0 Å². The number of carbonyl (C=O) groups excluding carboxylic acids is 2. The van der Waals surface area contributed by atoms with Crippen LogP contribution in [0, 0.1) is 5.92 Å². The van der Waals surface area contributed by atoms with E-state index in [0.29, 0.717) is 18.8 Å². The third-order valence-corrected chi connectivity index (χ3v) is 2.83. The van der Waals surface area contributed by atoms with Crippen LogP contribution in [0.2, 0.25) is 0 Å². The lowest BCUT2D eigenvalue weighted by atomic mass is 9.96. The van der Waals surface area contributed by atoms with E-state index >= 15 is 0 Å². The minimum Gasteiger partial charge on any atom is -0.453 e. The van der Waals surface area contributed by atoms with Gasteiger partial charge >= 0.3 is 0 Å². The molecule has 0 heterocycles. The molecule has 11 heavy (non-hydrogen) atoms.